The van der Waals surface area contributed by atoms with Gasteiger partial charge in [0.15, 0.2) is 6.39 Å². The van der Waals surface area contributed by atoms with Gasteiger partial charge >= 0.3 is 6.09 Å². The van der Waals surface area contributed by atoms with Gasteiger partial charge in [-0.3, -0.25) is 0 Å². The molecule has 3 rings (SSSR count). The van der Waals surface area contributed by atoms with Crippen LogP contribution in [0.5, 0.6) is 0 Å². The third-order valence-corrected chi connectivity index (χ3v) is 3.71. The van der Waals surface area contributed by atoms with E-state index in [1.54, 1.807) is 4.90 Å². The number of oxazole rings is 1. The van der Waals surface area contributed by atoms with Gasteiger partial charge in [0.1, 0.15) is 5.76 Å². The Morgan fingerprint density at radius 3 is 3.25 bits per heavy atom. The first-order valence-corrected chi connectivity index (χ1v) is 5.69. The number of likely N-dealkylation sites (tertiary alicyclic amines) is 1. The molecule has 2 heterocycles. The van der Waals surface area contributed by atoms with Gasteiger partial charge in [-0.1, -0.05) is 0 Å². The highest BCUT2D eigenvalue weighted by atomic mass is 16.4. The second-order valence-corrected chi connectivity index (χ2v) is 4.49. The summed E-state index contributed by atoms with van der Waals surface area (Å²) in [5, 5.41) is 9.16. The molecule has 86 valence electrons. The highest BCUT2D eigenvalue weighted by Gasteiger charge is 2.40. The minimum atomic E-state index is -0.808. The summed E-state index contributed by atoms with van der Waals surface area (Å²) in [4.78, 5) is 16.9. The van der Waals surface area contributed by atoms with Crippen LogP contribution in [0.2, 0.25) is 0 Å². The lowest BCUT2D eigenvalue weighted by Crippen LogP contribution is -2.48. The number of hydrogen-bond donors (Lipinski definition) is 1. The summed E-state index contributed by atoms with van der Waals surface area (Å²) in [6, 6.07) is 0.0895. The number of nitrogens with zero attached hydrogens (tertiary/aromatic N) is 2. The Labute approximate surface area is 93.1 Å². The molecule has 1 aromatic rings. The number of hydrogen-bond acceptors (Lipinski definition) is 3. The minimum absolute atomic E-state index is 0.0895. The van der Waals surface area contributed by atoms with Gasteiger partial charge in [-0.2, -0.15) is 0 Å². The zero-order valence-corrected chi connectivity index (χ0v) is 8.93. The zero-order valence-electron chi connectivity index (χ0n) is 8.93. The van der Waals surface area contributed by atoms with E-state index in [0.29, 0.717) is 6.54 Å². The van der Waals surface area contributed by atoms with Crippen LogP contribution >= 0.6 is 0 Å². The van der Waals surface area contributed by atoms with Crippen molar-refractivity contribution in [2.24, 2.45) is 0 Å². The molecule has 0 saturated carbocycles. The number of fused-ring (bicyclic) bond motifs is 3. The van der Waals surface area contributed by atoms with E-state index in [1.165, 1.54) is 6.39 Å². The van der Waals surface area contributed by atoms with E-state index in [4.69, 9.17) is 9.52 Å². The predicted octanol–water partition coefficient (Wildman–Crippen LogP) is 1.85. The SMILES string of the molecule is O=C(O)N1CCCC2c3ocnc3CCC21. The monoisotopic (exact) mass is 222 g/mol. The van der Waals surface area contributed by atoms with Crippen molar-refractivity contribution < 1.29 is 14.3 Å². The summed E-state index contributed by atoms with van der Waals surface area (Å²) in [7, 11) is 0. The molecule has 0 bridgehead atoms. The van der Waals surface area contributed by atoms with Crippen molar-refractivity contribution in [3.63, 3.8) is 0 Å². The molecule has 1 aliphatic carbocycles. The van der Waals surface area contributed by atoms with Crippen LogP contribution in [0, 0.1) is 0 Å². The topological polar surface area (TPSA) is 66.6 Å². The van der Waals surface area contributed by atoms with Gasteiger partial charge < -0.3 is 14.4 Å². The summed E-state index contributed by atoms with van der Waals surface area (Å²) in [5.41, 5.74) is 1.02. The third-order valence-electron chi connectivity index (χ3n) is 3.71. The van der Waals surface area contributed by atoms with E-state index in [2.05, 4.69) is 4.98 Å². The average molecular weight is 222 g/mol. The summed E-state index contributed by atoms with van der Waals surface area (Å²) in [6.45, 7) is 0.653. The maximum atomic E-state index is 11.1. The van der Waals surface area contributed by atoms with Crippen LogP contribution in [0.15, 0.2) is 10.8 Å². The summed E-state index contributed by atoms with van der Waals surface area (Å²) < 4.78 is 5.42. The summed E-state index contributed by atoms with van der Waals surface area (Å²) >= 11 is 0. The Morgan fingerprint density at radius 1 is 1.56 bits per heavy atom. The second kappa shape index (κ2) is 3.50. The van der Waals surface area contributed by atoms with Crippen LogP contribution in [0.1, 0.15) is 36.6 Å². The number of piperidine rings is 1. The minimum Gasteiger partial charge on any atom is -0.465 e. The Kier molecular flexibility index (Phi) is 2.12. The van der Waals surface area contributed by atoms with E-state index in [9.17, 15) is 4.79 Å². The fraction of sp³-hybridized carbons (Fsp3) is 0.636. The lowest BCUT2D eigenvalue weighted by molar-refractivity contribution is 0.0843. The molecule has 1 aromatic heterocycles. The van der Waals surface area contributed by atoms with E-state index in [-0.39, 0.29) is 12.0 Å². The standard InChI is InChI=1S/C11H14N2O3/c14-11(15)13-5-1-2-7-9(13)4-3-8-10(7)16-6-12-8/h6-7,9H,1-5H2,(H,14,15). The van der Waals surface area contributed by atoms with Crippen LogP contribution in [-0.2, 0) is 6.42 Å². The first-order valence-electron chi connectivity index (χ1n) is 5.69. The highest BCUT2D eigenvalue weighted by molar-refractivity contribution is 5.66. The Hall–Kier alpha value is -1.52. The number of aryl methyl sites for hydroxylation is 1. The smallest absolute Gasteiger partial charge is 0.407 e. The first-order chi connectivity index (χ1) is 7.77. The molecule has 1 saturated heterocycles. The van der Waals surface area contributed by atoms with Crippen LogP contribution < -0.4 is 0 Å². The van der Waals surface area contributed by atoms with Gasteiger partial charge in [-0.15, -0.1) is 0 Å². The van der Waals surface area contributed by atoms with E-state index >= 15 is 0 Å². The number of carbonyl (C=O) groups is 1. The molecule has 1 aliphatic heterocycles. The molecule has 1 amide bonds. The number of amides is 1. The van der Waals surface area contributed by atoms with Gasteiger partial charge in [0.05, 0.1) is 5.69 Å². The van der Waals surface area contributed by atoms with Crippen molar-refractivity contribution in [2.75, 3.05) is 6.54 Å². The normalized spacial score (nSPS) is 28.4. The predicted molar refractivity (Wildman–Crippen MR) is 55.3 cm³/mol. The molecule has 5 nitrogen and oxygen atoms in total. The molecule has 2 aliphatic rings. The fourth-order valence-electron chi connectivity index (χ4n) is 3.01. The number of rotatable bonds is 0. The van der Waals surface area contributed by atoms with E-state index in [1.807, 2.05) is 0 Å². The third kappa shape index (κ3) is 1.31. The zero-order chi connectivity index (χ0) is 11.1. The molecule has 1 N–H and O–H groups in total. The average Bonchev–Trinajstić information content (AvgIpc) is 2.76. The fourth-order valence-corrected chi connectivity index (χ4v) is 3.01. The number of carboxylic acid groups (broad SMARTS) is 1. The molecule has 2 unspecified atom stereocenters. The molecular formula is C11H14N2O3. The van der Waals surface area contributed by atoms with Gasteiger partial charge in [-0.25, -0.2) is 9.78 Å². The maximum absolute atomic E-state index is 11.1. The van der Waals surface area contributed by atoms with Crippen LogP contribution in [0.3, 0.4) is 0 Å². The quantitative estimate of drug-likeness (QED) is 0.727. The summed E-state index contributed by atoms with van der Waals surface area (Å²) in [5.74, 6) is 1.14. The highest BCUT2D eigenvalue weighted by Crippen LogP contribution is 2.40. The van der Waals surface area contributed by atoms with Gasteiger partial charge in [0, 0.05) is 18.5 Å². The van der Waals surface area contributed by atoms with Crippen molar-refractivity contribution in [2.45, 2.75) is 37.6 Å². The molecular weight excluding hydrogens is 208 g/mol. The van der Waals surface area contributed by atoms with E-state index in [0.717, 1.165) is 37.1 Å². The Bertz CT molecular complexity index is 415. The van der Waals surface area contributed by atoms with E-state index < -0.39 is 6.09 Å². The number of aromatic nitrogens is 1. The van der Waals surface area contributed by atoms with Crippen molar-refractivity contribution in [3.05, 3.63) is 17.8 Å². The molecule has 16 heavy (non-hydrogen) atoms. The molecule has 1 fully saturated rings. The van der Waals surface area contributed by atoms with Crippen LogP contribution in [-0.4, -0.2) is 33.7 Å². The van der Waals surface area contributed by atoms with Gasteiger partial charge in [0.25, 0.3) is 0 Å². The largest absolute Gasteiger partial charge is 0.465 e. The molecule has 0 spiro atoms. The molecule has 0 aromatic carbocycles. The Morgan fingerprint density at radius 2 is 2.44 bits per heavy atom. The molecule has 2 atom stereocenters. The van der Waals surface area contributed by atoms with Crippen molar-refractivity contribution in [1.82, 2.24) is 9.88 Å². The lowest BCUT2D eigenvalue weighted by Gasteiger charge is -2.41. The second-order valence-electron chi connectivity index (χ2n) is 4.49. The van der Waals surface area contributed by atoms with Crippen molar-refractivity contribution >= 4 is 6.09 Å². The van der Waals surface area contributed by atoms with Gasteiger partial charge in [0.2, 0.25) is 0 Å². The van der Waals surface area contributed by atoms with Crippen molar-refractivity contribution in [1.29, 1.82) is 0 Å². The Balaban J connectivity index is 1.94. The first kappa shape index (κ1) is 9.69. The molecule has 5 heteroatoms. The van der Waals surface area contributed by atoms with Crippen LogP contribution in [0.25, 0.3) is 0 Å². The summed E-state index contributed by atoms with van der Waals surface area (Å²) in [6.07, 6.45) is 4.29. The molecule has 0 radical (unpaired) electrons. The lowest BCUT2D eigenvalue weighted by atomic mass is 9.79. The van der Waals surface area contributed by atoms with Gasteiger partial charge in [-0.05, 0) is 25.7 Å². The van der Waals surface area contributed by atoms with Crippen molar-refractivity contribution in [3.8, 4) is 0 Å². The van der Waals surface area contributed by atoms with Crippen LogP contribution in [0.4, 0.5) is 4.79 Å². The maximum Gasteiger partial charge on any atom is 0.407 e.